The minimum atomic E-state index is -0.0857. The summed E-state index contributed by atoms with van der Waals surface area (Å²) in [6, 6.07) is 5.77. The van der Waals surface area contributed by atoms with Gasteiger partial charge in [0.15, 0.2) is 0 Å². The van der Waals surface area contributed by atoms with Crippen LogP contribution in [-0.2, 0) is 17.9 Å². The minimum absolute atomic E-state index is 0.0666. The van der Waals surface area contributed by atoms with Crippen LogP contribution in [0.15, 0.2) is 18.2 Å². The van der Waals surface area contributed by atoms with Crippen LogP contribution in [-0.4, -0.2) is 48.8 Å². The molecular weight excluding hydrogens is 254 g/mol. The Kier molecular flexibility index (Phi) is 4.39. The van der Waals surface area contributed by atoms with Crippen molar-refractivity contribution in [3.05, 3.63) is 34.9 Å². The van der Waals surface area contributed by atoms with E-state index >= 15 is 0 Å². The Hall–Kier alpha value is -1.88. The monoisotopic (exact) mass is 275 g/mol. The number of rotatable bonds is 4. The fourth-order valence-electron chi connectivity index (χ4n) is 2.24. The molecule has 5 heteroatoms. The molecular formula is C15H21N3O2. The molecule has 0 spiro atoms. The molecule has 0 aromatic heterocycles. The largest absolute Gasteiger partial charge is 0.347 e. The summed E-state index contributed by atoms with van der Waals surface area (Å²) in [4.78, 5) is 27.3. The molecule has 0 bridgehead atoms. The van der Waals surface area contributed by atoms with Gasteiger partial charge in [0.2, 0.25) is 5.91 Å². The number of likely N-dealkylation sites (N-methyl/N-ethyl adjacent to an activating group) is 2. The quantitative estimate of drug-likeness (QED) is 0.886. The van der Waals surface area contributed by atoms with Gasteiger partial charge in [-0.2, -0.15) is 0 Å². The van der Waals surface area contributed by atoms with E-state index in [2.05, 4.69) is 5.32 Å². The van der Waals surface area contributed by atoms with E-state index in [-0.39, 0.29) is 18.4 Å². The van der Waals surface area contributed by atoms with Crippen molar-refractivity contribution >= 4 is 11.8 Å². The number of hydrogen-bond donors (Lipinski definition) is 1. The molecule has 0 unspecified atom stereocenters. The standard InChI is InChI=1S/C15H21N3O2/c1-4-18(10-14(19)17(2)3)15(20)11-5-6-12-8-16-9-13(12)7-11/h5-7,16H,4,8-10H2,1-3H3. The van der Waals surface area contributed by atoms with Crippen molar-refractivity contribution in [1.29, 1.82) is 0 Å². The molecule has 1 aromatic carbocycles. The van der Waals surface area contributed by atoms with Crippen LogP contribution >= 0.6 is 0 Å². The van der Waals surface area contributed by atoms with E-state index in [9.17, 15) is 9.59 Å². The highest BCUT2D eigenvalue weighted by Crippen LogP contribution is 2.18. The van der Waals surface area contributed by atoms with Crippen molar-refractivity contribution in [1.82, 2.24) is 15.1 Å². The number of hydrogen-bond acceptors (Lipinski definition) is 3. The number of amides is 2. The van der Waals surface area contributed by atoms with Crippen LogP contribution in [0.2, 0.25) is 0 Å². The smallest absolute Gasteiger partial charge is 0.254 e. The predicted octanol–water partition coefficient (Wildman–Crippen LogP) is 0.840. The molecule has 1 aromatic rings. The Morgan fingerprint density at radius 3 is 2.55 bits per heavy atom. The van der Waals surface area contributed by atoms with E-state index in [0.717, 1.165) is 13.1 Å². The van der Waals surface area contributed by atoms with E-state index < -0.39 is 0 Å². The summed E-state index contributed by atoms with van der Waals surface area (Å²) < 4.78 is 0. The molecule has 1 aliphatic rings. The summed E-state index contributed by atoms with van der Waals surface area (Å²) in [6.45, 7) is 4.20. The topological polar surface area (TPSA) is 52.7 Å². The molecule has 108 valence electrons. The zero-order chi connectivity index (χ0) is 14.7. The summed E-state index contributed by atoms with van der Waals surface area (Å²) in [5.41, 5.74) is 3.07. The highest BCUT2D eigenvalue weighted by atomic mass is 16.2. The second-order valence-corrected chi connectivity index (χ2v) is 5.19. The molecule has 2 amide bonds. The van der Waals surface area contributed by atoms with E-state index in [0.29, 0.717) is 12.1 Å². The Morgan fingerprint density at radius 1 is 1.20 bits per heavy atom. The first-order valence-corrected chi connectivity index (χ1v) is 6.85. The van der Waals surface area contributed by atoms with Gasteiger partial charge in [-0.05, 0) is 30.2 Å². The summed E-state index contributed by atoms with van der Waals surface area (Å²) in [7, 11) is 3.39. The van der Waals surface area contributed by atoms with Gasteiger partial charge in [-0.3, -0.25) is 9.59 Å². The Labute approximate surface area is 119 Å². The lowest BCUT2D eigenvalue weighted by atomic mass is 10.1. The third-order valence-corrected chi connectivity index (χ3v) is 3.58. The average molecular weight is 275 g/mol. The summed E-state index contributed by atoms with van der Waals surface area (Å²) >= 11 is 0. The second kappa shape index (κ2) is 6.05. The van der Waals surface area contributed by atoms with Gasteiger partial charge in [0, 0.05) is 39.3 Å². The van der Waals surface area contributed by atoms with Gasteiger partial charge < -0.3 is 15.1 Å². The van der Waals surface area contributed by atoms with Gasteiger partial charge >= 0.3 is 0 Å². The van der Waals surface area contributed by atoms with E-state index in [4.69, 9.17) is 0 Å². The lowest BCUT2D eigenvalue weighted by Crippen LogP contribution is -2.40. The molecule has 0 fully saturated rings. The maximum Gasteiger partial charge on any atom is 0.254 e. The predicted molar refractivity (Wildman–Crippen MR) is 77.3 cm³/mol. The molecule has 0 atom stereocenters. The minimum Gasteiger partial charge on any atom is -0.347 e. The Balaban J connectivity index is 2.14. The number of benzene rings is 1. The Bertz CT molecular complexity index is 526. The van der Waals surface area contributed by atoms with Crippen molar-refractivity contribution in [3.8, 4) is 0 Å². The van der Waals surface area contributed by atoms with E-state index in [1.54, 1.807) is 19.0 Å². The molecule has 1 heterocycles. The molecule has 0 saturated heterocycles. The average Bonchev–Trinajstić information content (AvgIpc) is 2.90. The zero-order valence-corrected chi connectivity index (χ0v) is 12.3. The first-order chi connectivity index (χ1) is 9.52. The van der Waals surface area contributed by atoms with Crippen LogP contribution in [0.1, 0.15) is 28.4 Å². The van der Waals surface area contributed by atoms with E-state index in [1.807, 2.05) is 25.1 Å². The maximum absolute atomic E-state index is 12.5. The summed E-state index contributed by atoms with van der Waals surface area (Å²) in [5, 5.41) is 3.26. The zero-order valence-electron chi connectivity index (χ0n) is 12.3. The highest BCUT2D eigenvalue weighted by Gasteiger charge is 2.20. The number of carbonyl (C=O) groups is 2. The van der Waals surface area contributed by atoms with Gasteiger partial charge in [0.25, 0.3) is 5.91 Å². The Morgan fingerprint density at radius 2 is 1.90 bits per heavy atom. The molecule has 1 aliphatic heterocycles. The summed E-state index contributed by atoms with van der Waals surface area (Å²) in [6.07, 6.45) is 0. The van der Waals surface area contributed by atoms with E-state index in [1.165, 1.54) is 16.0 Å². The summed E-state index contributed by atoms with van der Waals surface area (Å²) in [5.74, 6) is -0.152. The highest BCUT2D eigenvalue weighted by molar-refractivity contribution is 5.96. The van der Waals surface area contributed by atoms with Gasteiger partial charge in [-0.15, -0.1) is 0 Å². The normalized spacial score (nSPS) is 12.9. The first kappa shape index (κ1) is 14.5. The van der Waals surface area contributed by atoms with Crippen molar-refractivity contribution in [2.45, 2.75) is 20.0 Å². The number of nitrogens with zero attached hydrogens (tertiary/aromatic N) is 2. The molecule has 0 aliphatic carbocycles. The SMILES string of the molecule is CCN(CC(=O)N(C)C)C(=O)c1ccc2c(c1)CNC2. The van der Waals surface area contributed by atoms with Crippen LogP contribution in [0.3, 0.4) is 0 Å². The molecule has 1 N–H and O–H groups in total. The van der Waals surface area contributed by atoms with Gasteiger partial charge in [-0.25, -0.2) is 0 Å². The number of nitrogens with one attached hydrogen (secondary N) is 1. The maximum atomic E-state index is 12.5. The fraction of sp³-hybridized carbons (Fsp3) is 0.467. The second-order valence-electron chi connectivity index (χ2n) is 5.19. The lowest BCUT2D eigenvalue weighted by molar-refractivity contribution is -0.129. The van der Waals surface area contributed by atoms with Crippen LogP contribution in [0, 0.1) is 0 Å². The van der Waals surface area contributed by atoms with Gasteiger partial charge in [0.05, 0.1) is 6.54 Å². The van der Waals surface area contributed by atoms with Crippen LogP contribution < -0.4 is 5.32 Å². The molecule has 5 nitrogen and oxygen atoms in total. The third kappa shape index (κ3) is 2.99. The molecule has 0 radical (unpaired) electrons. The first-order valence-electron chi connectivity index (χ1n) is 6.85. The molecule has 0 saturated carbocycles. The van der Waals surface area contributed by atoms with Gasteiger partial charge in [0.1, 0.15) is 0 Å². The van der Waals surface area contributed by atoms with Crippen molar-refractivity contribution in [3.63, 3.8) is 0 Å². The van der Waals surface area contributed by atoms with Gasteiger partial charge in [-0.1, -0.05) is 6.07 Å². The number of carbonyl (C=O) groups excluding carboxylic acids is 2. The lowest BCUT2D eigenvalue weighted by Gasteiger charge is -2.22. The molecule has 20 heavy (non-hydrogen) atoms. The van der Waals surface area contributed by atoms with Crippen molar-refractivity contribution in [2.75, 3.05) is 27.2 Å². The van der Waals surface area contributed by atoms with Crippen LogP contribution in [0.4, 0.5) is 0 Å². The van der Waals surface area contributed by atoms with Crippen LogP contribution in [0.25, 0.3) is 0 Å². The van der Waals surface area contributed by atoms with Crippen LogP contribution in [0.5, 0.6) is 0 Å². The fourth-order valence-corrected chi connectivity index (χ4v) is 2.24. The number of fused-ring (bicyclic) bond motifs is 1. The molecule has 2 rings (SSSR count). The van der Waals surface area contributed by atoms with Crippen molar-refractivity contribution < 1.29 is 9.59 Å². The third-order valence-electron chi connectivity index (χ3n) is 3.58. The van der Waals surface area contributed by atoms with Crippen molar-refractivity contribution in [2.24, 2.45) is 0 Å².